The lowest BCUT2D eigenvalue weighted by Crippen LogP contribution is -2.56. The molecule has 134 valence electrons. The predicted octanol–water partition coefficient (Wildman–Crippen LogP) is 0.436. The smallest absolute Gasteiger partial charge is 0.327 e. The Morgan fingerprint density at radius 1 is 1.16 bits per heavy atom. The number of pyridine rings is 1. The lowest BCUT2D eigenvalue weighted by molar-refractivity contribution is -0.134. The van der Waals surface area contributed by atoms with Crippen molar-refractivity contribution in [2.45, 2.75) is 31.7 Å². The van der Waals surface area contributed by atoms with E-state index in [-0.39, 0.29) is 23.4 Å². The van der Waals surface area contributed by atoms with E-state index in [4.69, 9.17) is 0 Å². The molecule has 8 nitrogen and oxygen atoms in total. The summed E-state index contributed by atoms with van der Waals surface area (Å²) < 4.78 is 0. The Hall–Kier alpha value is -2.64. The summed E-state index contributed by atoms with van der Waals surface area (Å²) in [5, 5.41) is 0. The third kappa shape index (κ3) is 2.61. The topological polar surface area (TPSA) is 93.8 Å². The Bertz CT molecular complexity index is 792. The zero-order valence-corrected chi connectivity index (χ0v) is 14.7. The third-order valence-electron chi connectivity index (χ3n) is 5.32. The number of nitrogens with zero attached hydrogens (tertiary/aromatic N) is 3. The Morgan fingerprint density at radius 2 is 1.80 bits per heavy atom. The van der Waals surface area contributed by atoms with Crippen molar-refractivity contribution in [1.29, 1.82) is 0 Å². The van der Waals surface area contributed by atoms with Crippen LogP contribution in [0.1, 0.15) is 35.8 Å². The molecule has 2 fully saturated rings. The molecule has 2 aliphatic rings. The maximum Gasteiger partial charge on any atom is 0.327 e. The normalized spacial score (nSPS) is 19.9. The van der Waals surface area contributed by atoms with Gasteiger partial charge >= 0.3 is 6.03 Å². The van der Waals surface area contributed by atoms with Crippen LogP contribution < -0.4 is 5.56 Å². The van der Waals surface area contributed by atoms with Gasteiger partial charge in [-0.3, -0.25) is 19.3 Å². The van der Waals surface area contributed by atoms with Crippen LogP contribution in [0.25, 0.3) is 0 Å². The van der Waals surface area contributed by atoms with Crippen LogP contribution in [-0.4, -0.2) is 70.3 Å². The van der Waals surface area contributed by atoms with Crippen molar-refractivity contribution >= 4 is 17.8 Å². The number of likely N-dealkylation sites (tertiary alicyclic amines) is 1. The number of amides is 4. The summed E-state index contributed by atoms with van der Waals surface area (Å²) in [5.74, 6) is -0.431. The monoisotopic (exact) mass is 346 g/mol. The molecule has 3 heterocycles. The van der Waals surface area contributed by atoms with Gasteiger partial charge in [0.05, 0.1) is 0 Å². The lowest BCUT2D eigenvalue weighted by Gasteiger charge is -2.40. The minimum absolute atomic E-state index is 0.212. The van der Waals surface area contributed by atoms with Crippen LogP contribution in [-0.2, 0) is 11.2 Å². The van der Waals surface area contributed by atoms with E-state index in [0.29, 0.717) is 43.6 Å². The maximum absolute atomic E-state index is 12.7. The largest absolute Gasteiger partial charge is 0.338 e. The summed E-state index contributed by atoms with van der Waals surface area (Å²) in [6.45, 7) is 2.63. The summed E-state index contributed by atoms with van der Waals surface area (Å²) >= 11 is 0. The first-order valence-electron chi connectivity index (χ1n) is 8.38. The van der Waals surface area contributed by atoms with Crippen LogP contribution in [0, 0.1) is 0 Å². The molecule has 0 radical (unpaired) electrons. The first kappa shape index (κ1) is 17.2. The lowest BCUT2D eigenvalue weighted by atomic mass is 9.86. The van der Waals surface area contributed by atoms with Gasteiger partial charge < -0.3 is 14.8 Å². The maximum atomic E-state index is 12.7. The predicted molar refractivity (Wildman–Crippen MR) is 90.2 cm³/mol. The molecule has 1 spiro atoms. The molecule has 1 N–H and O–H groups in total. The van der Waals surface area contributed by atoms with Gasteiger partial charge in [0.25, 0.3) is 11.8 Å². The van der Waals surface area contributed by atoms with E-state index in [1.54, 1.807) is 18.0 Å². The number of imide groups is 1. The number of H-pyrrole nitrogens is 1. The molecule has 2 aliphatic heterocycles. The summed E-state index contributed by atoms with van der Waals surface area (Å²) in [4.78, 5) is 55.9. The van der Waals surface area contributed by atoms with Gasteiger partial charge in [-0.1, -0.05) is 6.92 Å². The van der Waals surface area contributed by atoms with E-state index < -0.39 is 5.54 Å². The molecular weight excluding hydrogens is 324 g/mol. The summed E-state index contributed by atoms with van der Waals surface area (Å²) in [6.07, 6.45) is 1.43. The third-order valence-corrected chi connectivity index (χ3v) is 5.32. The number of nitrogens with one attached hydrogen (secondary N) is 1. The van der Waals surface area contributed by atoms with Crippen molar-refractivity contribution in [3.05, 3.63) is 33.7 Å². The van der Waals surface area contributed by atoms with Crippen LogP contribution in [0.2, 0.25) is 0 Å². The Labute approximate surface area is 145 Å². The van der Waals surface area contributed by atoms with Gasteiger partial charge in [-0.25, -0.2) is 4.79 Å². The van der Waals surface area contributed by atoms with Gasteiger partial charge in [-0.15, -0.1) is 0 Å². The number of aromatic nitrogens is 1. The average Bonchev–Trinajstić information content (AvgIpc) is 2.77. The fourth-order valence-electron chi connectivity index (χ4n) is 3.68. The molecule has 0 atom stereocenters. The van der Waals surface area contributed by atoms with Crippen molar-refractivity contribution in [2.75, 3.05) is 27.2 Å². The second-order valence-electron chi connectivity index (χ2n) is 6.64. The number of carbonyl (C=O) groups is 3. The van der Waals surface area contributed by atoms with Crippen LogP contribution in [0.3, 0.4) is 0 Å². The summed E-state index contributed by atoms with van der Waals surface area (Å²) in [6, 6.07) is 2.68. The SMILES string of the molecule is CCc1cc(C(=O)N2CCC3(CC2)C(=O)N(C)C(=O)N3C)cc(=O)[nH]1. The van der Waals surface area contributed by atoms with Gasteiger partial charge in [-0.05, 0) is 25.3 Å². The Morgan fingerprint density at radius 3 is 2.32 bits per heavy atom. The van der Waals surface area contributed by atoms with E-state index in [1.807, 2.05) is 6.92 Å². The summed E-state index contributed by atoms with van der Waals surface area (Å²) in [5.41, 5.74) is -0.0852. The average molecular weight is 346 g/mol. The van der Waals surface area contributed by atoms with E-state index >= 15 is 0 Å². The molecule has 0 aliphatic carbocycles. The first-order chi connectivity index (χ1) is 11.8. The molecular formula is C17H22N4O4. The molecule has 0 aromatic carbocycles. The van der Waals surface area contributed by atoms with E-state index in [1.165, 1.54) is 18.0 Å². The van der Waals surface area contributed by atoms with Crippen molar-refractivity contribution in [3.63, 3.8) is 0 Å². The Balaban J connectivity index is 1.78. The molecule has 3 rings (SSSR count). The number of aromatic amines is 1. The molecule has 1 aromatic rings. The van der Waals surface area contributed by atoms with Gasteiger partial charge in [0.1, 0.15) is 5.54 Å². The molecule has 8 heteroatoms. The number of hydrogen-bond donors (Lipinski definition) is 1. The number of aryl methyl sites for hydroxylation is 1. The highest BCUT2D eigenvalue weighted by molar-refractivity contribution is 6.06. The number of likely N-dealkylation sites (N-methyl/N-ethyl adjacent to an activating group) is 2. The quantitative estimate of drug-likeness (QED) is 0.786. The Kier molecular flexibility index (Phi) is 4.14. The van der Waals surface area contributed by atoms with Crippen LogP contribution >= 0.6 is 0 Å². The number of rotatable bonds is 2. The highest BCUT2D eigenvalue weighted by Gasteiger charge is 2.55. The van der Waals surface area contributed by atoms with Gasteiger partial charge in [0.2, 0.25) is 5.56 Å². The standard InChI is InChI=1S/C17H22N4O4/c1-4-12-9-11(10-13(22)18-12)14(23)21-7-5-17(6-8-21)15(24)19(2)16(25)20(17)3/h9-10H,4-8H2,1-3H3,(H,18,22). The number of carbonyl (C=O) groups excluding carboxylic acids is 3. The van der Waals surface area contributed by atoms with E-state index in [9.17, 15) is 19.2 Å². The molecule has 0 saturated carbocycles. The van der Waals surface area contributed by atoms with E-state index in [0.717, 1.165) is 4.90 Å². The second kappa shape index (κ2) is 6.02. The highest BCUT2D eigenvalue weighted by Crippen LogP contribution is 2.35. The summed E-state index contributed by atoms with van der Waals surface area (Å²) in [7, 11) is 3.11. The zero-order chi connectivity index (χ0) is 18.4. The minimum atomic E-state index is -0.856. The van der Waals surface area contributed by atoms with Crippen LogP contribution in [0.4, 0.5) is 4.79 Å². The van der Waals surface area contributed by atoms with E-state index in [2.05, 4.69) is 4.98 Å². The highest BCUT2D eigenvalue weighted by atomic mass is 16.2. The van der Waals surface area contributed by atoms with Crippen molar-refractivity contribution in [1.82, 2.24) is 19.7 Å². The molecule has 0 bridgehead atoms. The zero-order valence-electron chi connectivity index (χ0n) is 14.7. The molecule has 1 aromatic heterocycles. The molecule has 0 unspecified atom stereocenters. The van der Waals surface area contributed by atoms with Crippen LogP contribution in [0.15, 0.2) is 16.9 Å². The first-order valence-corrected chi connectivity index (χ1v) is 8.38. The van der Waals surface area contributed by atoms with Crippen molar-refractivity contribution < 1.29 is 14.4 Å². The minimum Gasteiger partial charge on any atom is -0.338 e. The number of piperidine rings is 1. The molecule has 4 amide bonds. The van der Waals surface area contributed by atoms with Crippen molar-refractivity contribution in [2.24, 2.45) is 0 Å². The fourth-order valence-corrected chi connectivity index (χ4v) is 3.68. The van der Waals surface area contributed by atoms with Crippen molar-refractivity contribution in [3.8, 4) is 0 Å². The van der Waals surface area contributed by atoms with Gasteiger partial charge in [0, 0.05) is 44.5 Å². The number of urea groups is 1. The van der Waals surface area contributed by atoms with Gasteiger partial charge in [-0.2, -0.15) is 0 Å². The van der Waals surface area contributed by atoms with Crippen LogP contribution in [0.5, 0.6) is 0 Å². The van der Waals surface area contributed by atoms with Gasteiger partial charge in [0.15, 0.2) is 0 Å². The second-order valence-corrected chi connectivity index (χ2v) is 6.64. The molecule has 2 saturated heterocycles. The molecule has 25 heavy (non-hydrogen) atoms. The number of hydrogen-bond acceptors (Lipinski definition) is 4. The fraction of sp³-hybridized carbons (Fsp3) is 0.529.